The maximum absolute atomic E-state index is 12.2. The lowest BCUT2D eigenvalue weighted by Crippen LogP contribution is -2.35. The van der Waals surface area contributed by atoms with Crippen LogP contribution in [0, 0.1) is 5.92 Å². The number of amides is 1. The molecule has 1 aromatic rings. The molecule has 1 fully saturated rings. The molecule has 1 aliphatic rings. The predicted octanol–water partition coefficient (Wildman–Crippen LogP) is 3.00. The van der Waals surface area contributed by atoms with E-state index >= 15 is 0 Å². The van der Waals surface area contributed by atoms with E-state index in [0.29, 0.717) is 17.7 Å². The second-order valence-corrected chi connectivity index (χ2v) is 6.24. The molecule has 0 spiro atoms. The second kappa shape index (κ2) is 7.96. The number of carbonyl (C=O) groups excluding carboxylic acids is 1. The van der Waals surface area contributed by atoms with E-state index in [2.05, 4.69) is 34.7 Å². The molecule has 0 aliphatic heterocycles. The first-order chi connectivity index (χ1) is 10.1. The van der Waals surface area contributed by atoms with Crippen LogP contribution in [0.3, 0.4) is 0 Å². The number of rotatable bonds is 5. The van der Waals surface area contributed by atoms with Gasteiger partial charge in [0.2, 0.25) is 0 Å². The Morgan fingerprint density at radius 2 is 1.90 bits per heavy atom. The Kier molecular flexibility index (Phi) is 5.96. The highest BCUT2D eigenvalue weighted by molar-refractivity contribution is 5.92. The summed E-state index contributed by atoms with van der Waals surface area (Å²) in [6.07, 6.45) is 7.12. The maximum atomic E-state index is 12.2. The molecule has 2 N–H and O–H groups in total. The second-order valence-electron chi connectivity index (χ2n) is 6.24. The van der Waals surface area contributed by atoms with E-state index in [4.69, 9.17) is 0 Å². The van der Waals surface area contributed by atoms with Crippen LogP contribution in [0.4, 0.5) is 5.82 Å². The van der Waals surface area contributed by atoms with Gasteiger partial charge in [-0.15, -0.1) is 10.2 Å². The topological polar surface area (TPSA) is 66.9 Å². The van der Waals surface area contributed by atoms with E-state index in [0.717, 1.165) is 25.2 Å². The first kappa shape index (κ1) is 15.7. The van der Waals surface area contributed by atoms with Crippen molar-refractivity contribution in [2.24, 2.45) is 5.92 Å². The van der Waals surface area contributed by atoms with Crippen molar-refractivity contribution in [2.75, 3.05) is 11.9 Å². The van der Waals surface area contributed by atoms with Crippen molar-refractivity contribution in [3.8, 4) is 0 Å². The number of anilines is 1. The van der Waals surface area contributed by atoms with E-state index in [1.165, 1.54) is 25.7 Å². The Balaban J connectivity index is 1.86. The van der Waals surface area contributed by atoms with Crippen molar-refractivity contribution in [2.45, 2.75) is 58.4 Å². The minimum absolute atomic E-state index is 0.107. The number of nitrogens with zero attached hydrogens (tertiary/aromatic N) is 2. The van der Waals surface area contributed by atoms with Gasteiger partial charge in [0.1, 0.15) is 5.82 Å². The van der Waals surface area contributed by atoms with Gasteiger partial charge in [-0.1, -0.05) is 39.5 Å². The first-order valence-electron chi connectivity index (χ1n) is 8.03. The SMILES string of the molecule is CC(C)CNc1ccc(C(=O)NC2CCCCCC2)nn1. The van der Waals surface area contributed by atoms with Crippen LogP contribution in [0.25, 0.3) is 0 Å². The predicted molar refractivity (Wildman–Crippen MR) is 84.3 cm³/mol. The third-order valence-corrected chi connectivity index (χ3v) is 3.78. The van der Waals surface area contributed by atoms with Crippen molar-refractivity contribution in [1.82, 2.24) is 15.5 Å². The Hall–Kier alpha value is -1.65. The van der Waals surface area contributed by atoms with Crippen LogP contribution in [-0.2, 0) is 0 Å². The molecule has 0 saturated heterocycles. The first-order valence-corrected chi connectivity index (χ1v) is 8.03. The van der Waals surface area contributed by atoms with Crippen molar-refractivity contribution in [1.29, 1.82) is 0 Å². The number of hydrogen-bond acceptors (Lipinski definition) is 4. The molecule has 5 heteroatoms. The van der Waals surface area contributed by atoms with Crippen LogP contribution in [0.5, 0.6) is 0 Å². The molecule has 1 aromatic heterocycles. The molecule has 5 nitrogen and oxygen atoms in total. The molecule has 1 saturated carbocycles. The van der Waals surface area contributed by atoms with Crippen molar-refractivity contribution < 1.29 is 4.79 Å². The van der Waals surface area contributed by atoms with E-state index in [1.807, 2.05) is 6.07 Å². The summed E-state index contributed by atoms with van der Waals surface area (Å²) in [5.74, 6) is 1.16. The lowest BCUT2D eigenvalue weighted by atomic mass is 10.1. The Bertz CT molecular complexity index is 436. The lowest BCUT2D eigenvalue weighted by Gasteiger charge is -2.15. The van der Waals surface area contributed by atoms with Crippen LogP contribution >= 0.6 is 0 Å². The minimum atomic E-state index is -0.107. The quantitative estimate of drug-likeness (QED) is 0.818. The molecule has 0 aromatic carbocycles. The zero-order valence-corrected chi connectivity index (χ0v) is 13.1. The largest absolute Gasteiger partial charge is 0.368 e. The molecule has 0 unspecified atom stereocenters. The number of carbonyl (C=O) groups is 1. The zero-order valence-electron chi connectivity index (χ0n) is 13.1. The van der Waals surface area contributed by atoms with E-state index < -0.39 is 0 Å². The third-order valence-electron chi connectivity index (χ3n) is 3.78. The summed E-state index contributed by atoms with van der Waals surface area (Å²) < 4.78 is 0. The molecule has 1 aliphatic carbocycles. The Morgan fingerprint density at radius 3 is 2.48 bits per heavy atom. The average Bonchev–Trinajstić information content (AvgIpc) is 2.74. The fourth-order valence-electron chi connectivity index (χ4n) is 2.54. The lowest BCUT2D eigenvalue weighted by molar-refractivity contribution is 0.0927. The highest BCUT2D eigenvalue weighted by Gasteiger charge is 2.16. The fourth-order valence-corrected chi connectivity index (χ4v) is 2.54. The van der Waals surface area contributed by atoms with Gasteiger partial charge in [-0.2, -0.15) is 0 Å². The summed E-state index contributed by atoms with van der Waals surface area (Å²) in [5, 5.41) is 14.4. The highest BCUT2D eigenvalue weighted by Crippen LogP contribution is 2.17. The van der Waals surface area contributed by atoms with Crippen LogP contribution in [-0.4, -0.2) is 28.7 Å². The van der Waals surface area contributed by atoms with Crippen LogP contribution in [0.15, 0.2) is 12.1 Å². The molecule has 0 radical (unpaired) electrons. The molecule has 0 atom stereocenters. The third kappa shape index (κ3) is 5.33. The van der Waals surface area contributed by atoms with Gasteiger partial charge in [-0.25, -0.2) is 0 Å². The van der Waals surface area contributed by atoms with E-state index in [-0.39, 0.29) is 5.91 Å². The van der Waals surface area contributed by atoms with Gasteiger partial charge >= 0.3 is 0 Å². The van der Waals surface area contributed by atoms with Crippen LogP contribution in [0.1, 0.15) is 62.9 Å². The molecule has 2 rings (SSSR count). The van der Waals surface area contributed by atoms with Gasteiger partial charge in [-0.3, -0.25) is 4.79 Å². The van der Waals surface area contributed by atoms with Gasteiger partial charge in [0, 0.05) is 12.6 Å². The molecule has 116 valence electrons. The molecular formula is C16H26N4O. The summed E-state index contributed by atoms with van der Waals surface area (Å²) >= 11 is 0. The fraction of sp³-hybridized carbons (Fsp3) is 0.688. The molecule has 1 amide bonds. The van der Waals surface area contributed by atoms with Crippen molar-refractivity contribution >= 4 is 11.7 Å². The number of hydrogen-bond donors (Lipinski definition) is 2. The summed E-state index contributed by atoms with van der Waals surface area (Å²) in [6.45, 7) is 5.12. The minimum Gasteiger partial charge on any atom is -0.368 e. The van der Waals surface area contributed by atoms with Crippen LogP contribution < -0.4 is 10.6 Å². The monoisotopic (exact) mass is 290 g/mol. The van der Waals surface area contributed by atoms with Gasteiger partial charge in [-0.05, 0) is 30.9 Å². The zero-order chi connectivity index (χ0) is 15.1. The summed E-state index contributed by atoms with van der Waals surface area (Å²) in [6, 6.07) is 3.85. The van der Waals surface area contributed by atoms with Gasteiger partial charge in [0.05, 0.1) is 0 Å². The standard InChI is InChI=1S/C16H26N4O/c1-12(2)11-17-15-10-9-14(19-20-15)16(21)18-13-7-5-3-4-6-8-13/h9-10,12-13H,3-8,11H2,1-2H3,(H,17,20)(H,18,21). The highest BCUT2D eigenvalue weighted by atomic mass is 16.2. The van der Waals surface area contributed by atoms with E-state index in [9.17, 15) is 4.79 Å². The Morgan fingerprint density at radius 1 is 1.19 bits per heavy atom. The summed E-state index contributed by atoms with van der Waals surface area (Å²) in [5.41, 5.74) is 0.398. The van der Waals surface area contributed by atoms with E-state index in [1.54, 1.807) is 6.07 Å². The molecule has 1 heterocycles. The van der Waals surface area contributed by atoms with Gasteiger partial charge in [0.25, 0.3) is 5.91 Å². The Labute approximate surface area is 126 Å². The molecule has 21 heavy (non-hydrogen) atoms. The summed E-state index contributed by atoms with van der Waals surface area (Å²) in [7, 11) is 0. The van der Waals surface area contributed by atoms with Crippen molar-refractivity contribution in [3.05, 3.63) is 17.8 Å². The molecule has 0 bridgehead atoms. The normalized spacial score (nSPS) is 16.5. The van der Waals surface area contributed by atoms with Gasteiger partial charge < -0.3 is 10.6 Å². The maximum Gasteiger partial charge on any atom is 0.272 e. The number of aromatic nitrogens is 2. The summed E-state index contributed by atoms with van der Waals surface area (Å²) in [4.78, 5) is 12.2. The smallest absolute Gasteiger partial charge is 0.272 e. The van der Waals surface area contributed by atoms with Gasteiger partial charge in [0.15, 0.2) is 5.69 Å². The number of nitrogens with one attached hydrogen (secondary N) is 2. The van der Waals surface area contributed by atoms with Crippen LogP contribution in [0.2, 0.25) is 0 Å². The molecular weight excluding hydrogens is 264 g/mol. The van der Waals surface area contributed by atoms with Crippen molar-refractivity contribution in [3.63, 3.8) is 0 Å². The average molecular weight is 290 g/mol.